The van der Waals surface area contributed by atoms with Gasteiger partial charge in [0.2, 0.25) is 7.37 Å². The van der Waals surface area contributed by atoms with Gasteiger partial charge >= 0.3 is 0 Å². The number of rotatable bonds is 10. The van der Waals surface area contributed by atoms with Crippen molar-refractivity contribution >= 4 is 30.6 Å². The molecule has 0 amide bonds. The summed E-state index contributed by atoms with van der Waals surface area (Å²) in [5.74, 6) is 0. The molecule has 2 unspecified atom stereocenters. The second-order valence-corrected chi connectivity index (χ2v) is 9.49. The summed E-state index contributed by atoms with van der Waals surface area (Å²) in [6, 6.07) is 15.2. The van der Waals surface area contributed by atoms with Crippen LogP contribution in [0.1, 0.15) is 30.1 Å². The zero-order valence-electron chi connectivity index (χ0n) is 15.0. The summed E-state index contributed by atoms with van der Waals surface area (Å²) in [6.45, 7) is 4.89. The van der Waals surface area contributed by atoms with Crippen LogP contribution in [-0.4, -0.2) is 19.8 Å². The van der Waals surface area contributed by atoms with E-state index in [-0.39, 0.29) is 5.66 Å². The van der Waals surface area contributed by atoms with Crippen LogP contribution in [0.15, 0.2) is 48.5 Å². The standard InChI is InChI=1S/C19H24Cl2NO3P/c1-3-25-26(2,23)19(16-9-10-17(20)18(21)13-16)11-12-22-24-14-15-7-5-4-6-8-15/h4-10,13,19,22H,3,11-12,14H2,1-2H3. The Morgan fingerprint density at radius 3 is 2.50 bits per heavy atom. The van der Waals surface area contributed by atoms with Gasteiger partial charge in [0.05, 0.1) is 28.9 Å². The lowest BCUT2D eigenvalue weighted by atomic mass is 10.1. The molecule has 1 N–H and O–H groups in total. The van der Waals surface area contributed by atoms with Gasteiger partial charge in [-0.25, -0.2) is 5.48 Å². The molecule has 0 saturated heterocycles. The number of hydrogen-bond donors (Lipinski definition) is 1. The maximum Gasteiger partial charge on any atom is 0.207 e. The Kier molecular flexibility index (Phi) is 8.62. The molecule has 0 saturated carbocycles. The Morgan fingerprint density at radius 2 is 1.85 bits per heavy atom. The number of halogens is 2. The van der Waals surface area contributed by atoms with Crippen LogP contribution in [0.4, 0.5) is 0 Å². The Morgan fingerprint density at radius 1 is 1.12 bits per heavy atom. The molecule has 0 aliphatic heterocycles. The minimum atomic E-state index is -2.86. The number of benzene rings is 2. The lowest BCUT2D eigenvalue weighted by molar-refractivity contribution is 0.0273. The molecule has 26 heavy (non-hydrogen) atoms. The molecule has 0 bridgehead atoms. The molecule has 0 aromatic heterocycles. The average Bonchev–Trinajstić information content (AvgIpc) is 2.61. The van der Waals surface area contributed by atoms with Crippen LogP contribution in [0.3, 0.4) is 0 Å². The Balaban J connectivity index is 1.98. The zero-order chi connectivity index (χ0) is 19.0. The van der Waals surface area contributed by atoms with Crippen molar-refractivity contribution in [3.8, 4) is 0 Å². The summed E-state index contributed by atoms with van der Waals surface area (Å²) in [6.07, 6.45) is 0.584. The highest BCUT2D eigenvalue weighted by Crippen LogP contribution is 2.58. The first-order valence-electron chi connectivity index (χ1n) is 8.49. The minimum Gasteiger partial charge on any atom is -0.329 e. The van der Waals surface area contributed by atoms with Crippen LogP contribution >= 0.6 is 30.6 Å². The predicted octanol–water partition coefficient (Wildman–Crippen LogP) is 6.09. The molecule has 0 heterocycles. The SMILES string of the molecule is CCOP(C)(=O)C(CCNOCc1ccccc1)c1ccc(Cl)c(Cl)c1. The average molecular weight is 416 g/mol. The molecule has 4 nitrogen and oxygen atoms in total. The first-order valence-corrected chi connectivity index (χ1v) is 11.4. The first kappa shape index (κ1) is 21.4. The van der Waals surface area contributed by atoms with Gasteiger partial charge in [-0.3, -0.25) is 9.40 Å². The highest BCUT2D eigenvalue weighted by molar-refractivity contribution is 7.58. The van der Waals surface area contributed by atoms with E-state index in [1.54, 1.807) is 18.8 Å². The quantitative estimate of drug-likeness (QED) is 0.289. The van der Waals surface area contributed by atoms with E-state index >= 15 is 0 Å². The van der Waals surface area contributed by atoms with Crippen molar-refractivity contribution in [3.63, 3.8) is 0 Å². The first-order chi connectivity index (χ1) is 12.4. The molecule has 7 heteroatoms. The van der Waals surface area contributed by atoms with Crippen LogP contribution in [0, 0.1) is 0 Å². The molecule has 0 aliphatic carbocycles. The van der Waals surface area contributed by atoms with Crippen LogP contribution < -0.4 is 5.48 Å². The van der Waals surface area contributed by atoms with Gasteiger partial charge < -0.3 is 4.52 Å². The van der Waals surface area contributed by atoms with Crippen molar-refractivity contribution in [2.45, 2.75) is 25.6 Å². The van der Waals surface area contributed by atoms with Crippen molar-refractivity contribution < 1.29 is 13.9 Å². The molecular formula is C19H24Cl2NO3P. The van der Waals surface area contributed by atoms with E-state index in [4.69, 9.17) is 32.6 Å². The lowest BCUT2D eigenvalue weighted by Crippen LogP contribution is -2.18. The maximum atomic E-state index is 13.0. The summed E-state index contributed by atoms with van der Waals surface area (Å²) < 4.78 is 18.6. The van der Waals surface area contributed by atoms with Crippen LogP contribution in [-0.2, 0) is 20.5 Å². The third-order valence-electron chi connectivity index (χ3n) is 3.98. The molecule has 0 fully saturated rings. The van der Waals surface area contributed by atoms with Gasteiger partial charge in [-0.05, 0) is 36.6 Å². The molecule has 142 valence electrons. The summed E-state index contributed by atoms with van der Waals surface area (Å²) >= 11 is 12.1. The summed E-state index contributed by atoms with van der Waals surface area (Å²) in [5.41, 5.74) is 4.58. The summed E-state index contributed by atoms with van der Waals surface area (Å²) in [5, 5.41) is 0.916. The van der Waals surface area contributed by atoms with E-state index in [0.29, 0.717) is 36.2 Å². The molecule has 2 aromatic carbocycles. The van der Waals surface area contributed by atoms with Gasteiger partial charge in [-0.15, -0.1) is 0 Å². The Bertz CT molecular complexity index is 743. The third-order valence-corrected chi connectivity index (χ3v) is 7.18. The van der Waals surface area contributed by atoms with E-state index in [2.05, 4.69) is 5.48 Å². The normalized spacial score (nSPS) is 14.8. The Hall–Kier alpha value is -0.870. The molecule has 0 aliphatic rings. The van der Waals surface area contributed by atoms with Crippen LogP contribution in [0.5, 0.6) is 0 Å². The molecule has 0 spiro atoms. The van der Waals surface area contributed by atoms with Crippen LogP contribution in [0.25, 0.3) is 0 Å². The van der Waals surface area contributed by atoms with Gasteiger partial charge in [-0.2, -0.15) is 0 Å². The number of hydrogen-bond acceptors (Lipinski definition) is 4. The molecule has 2 aromatic rings. The van der Waals surface area contributed by atoms with Crippen molar-refractivity contribution in [2.75, 3.05) is 19.8 Å². The van der Waals surface area contributed by atoms with Gasteiger partial charge in [0.15, 0.2) is 0 Å². The van der Waals surface area contributed by atoms with Crippen molar-refractivity contribution in [3.05, 3.63) is 69.7 Å². The zero-order valence-corrected chi connectivity index (χ0v) is 17.4. The van der Waals surface area contributed by atoms with E-state index in [1.807, 2.05) is 43.3 Å². The lowest BCUT2D eigenvalue weighted by Gasteiger charge is -2.25. The third kappa shape index (κ3) is 6.38. The number of nitrogens with one attached hydrogen (secondary N) is 1. The Labute approximate surface area is 165 Å². The second-order valence-electron chi connectivity index (χ2n) is 5.97. The molecular weight excluding hydrogens is 392 g/mol. The monoisotopic (exact) mass is 415 g/mol. The summed E-state index contributed by atoms with van der Waals surface area (Å²) in [4.78, 5) is 5.49. The van der Waals surface area contributed by atoms with Gasteiger partial charge in [-0.1, -0.05) is 59.6 Å². The van der Waals surface area contributed by atoms with Crippen molar-refractivity contribution in [1.82, 2.24) is 5.48 Å². The fourth-order valence-corrected chi connectivity index (χ4v) is 5.01. The fraction of sp³-hybridized carbons (Fsp3) is 0.368. The largest absolute Gasteiger partial charge is 0.329 e. The van der Waals surface area contributed by atoms with Crippen molar-refractivity contribution in [2.24, 2.45) is 0 Å². The fourth-order valence-electron chi connectivity index (χ4n) is 2.71. The van der Waals surface area contributed by atoms with Crippen molar-refractivity contribution in [1.29, 1.82) is 0 Å². The second kappa shape index (κ2) is 10.5. The predicted molar refractivity (Wildman–Crippen MR) is 108 cm³/mol. The van der Waals surface area contributed by atoms with E-state index in [0.717, 1.165) is 11.1 Å². The summed E-state index contributed by atoms with van der Waals surface area (Å²) in [7, 11) is -2.86. The maximum absolute atomic E-state index is 13.0. The van der Waals surface area contributed by atoms with E-state index in [9.17, 15) is 4.57 Å². The van der Waals surface area contributed by atoms with E-state index < -0.39 is 7.37 Å². The molecule has 2 rings (SSSR count). The molecule has 2 atom stereocenters. The molecule has 0 radical (unpaired) electrons. The van der Waals surface area contributed by atoms with E-state index in [1.165, 1.54) is 0 Å². The van der Waals surface area contributed by atoms with Gasteiger partial charge in [0.25, 0.3) is 0 Å². The van der Waals surface area contributed by atoms with Gasteiger partial charge in [0, 0.05) is 13.2 Å². The minimum absolute atomic E-state index is 0.287. The highest BCUT2D eigenvalue weighted by Gasteiger charge is 2.30. The topological polar surface area (TPSA) is 47.6 Å². The number of hydroxylamine groups is 1. The van der Waals surface area contributed by atoms with Gasteiger partial charge in [0.1, 0.15) is 0 Å². The highest BCUT2D eigenvalue weighted by atomic mass is 35.5. The smallest absolute Gasteiger partial charge is 0.207 e. The van der Waals surface area contributed by atoms with Crippen LogP contribution in [0.2, 0.25) is 10.0 Å².